The number of aromatic nitrogens is 4. The van der Waals surface area contributed by atoms with E-state index in [0.717, 1.165) is 22.4 Å². The van der Waals surface area contributed by atoms with Crippen molar-refractivity contribution in [3.05, 3.63) is 65.2 Å². The number of carbonyl (C=O) groups excluding carboxylic acids is 1. The van der Waals surface area contributed by atoms with Crippen LogP contribution in [-0.4, -0.2) is 26.1 Å². The van der Waals surface area contributed by atoms with Crippen LogP contribution < -0.4 is 5.32 Å². The Morgan fingerprint density at radius 3 is 2.60 bits per heavy atom. The summed E-state index contributed by atoms with van der Waals surface area (Å²) < 4.78 is 1.56. The topological polar surface area (TPSA) is 72.7 Å². The van der Waals surface area contributed by atoms with E-state index in [4.69, 9.17) is 0 Å². The number of nitrogens with zero attached hydrogens (tertiary/aromatic N) is 4. The third-order valence-corrected chi connectivity index (χ3v) is 5.07. The lowest BCUT2D eigenvalue weighted by Crippen LogP contribution is -2.20. The Morgan fingerprint density at radius 1 is 1.16 bits per heavy atom. The molecule has 0 fully saturated rings. The first-order valence-corrected chi connectivity index (χ1v) is 8.74. The second kappa shape index (κ2) is 7.48. The number of amides is 1. The molecular formula is C18H19N5OS. The monoisotopic (exact) mass is 353 g/mol. The van der Waals surface area contributed by atoms with E-state index in [9.17, 15) is 4.79 Å². The number of hydrogen-bond acceptors (Lipinski definition) is 5. The van der Waals surface area contributed by atoms with Crippen LogP contribution >= 0.6 is 11.8 Å². The predicted octanol–water partition coefficient (Wildman–Crippen LogP) is 3.30. The van der Waals surface area contributed by atoms with Crippen molar-refractivity contribution < 1.29 is 4.79 Å². The van der Waals surface area contributed by atoms with Gasteiger partial charge in [-0.3, -0.25) is 4.79 Å². The van der Waals surface area contributed by atoms with E-state index in [1.54, 1.807) is 11.7 Å². The molecule has 1 aromatic heterocycles. The van der Waals surface area contributed by atoms with Gasteiger partial charge in [-0.15, -0.1) is 5.10 Å². The van der Waals surface area contributed by atoms with Crippen LogP contribution in [0.4, 0.5) is 5.69 Å². The Kier molecular flexibility index (Phi) is 5.14. The van der Waals surface area contributed by atoms with Gasteiger partial charge in [-0.2, -0.15) is 0 Å². The fourth-order valence-electron chi connectivity index (χ4n) is 2.40. The zero-order valence-electron chi connectivity index (χ0n) is 14.3. The summed E-state index contributed by atoms with van der Waals surface area (Å²) in [6.45, 7) is 3.98. The van der Waals surface area contributed by atoms with E-state index in [0.29, 0.717) is 5.16 Å². The molecule has 0 aliphatic rings. The first kappa shape index (κ1) is 17.2. The van der Waals surface area contributed by atoms with Crippen LogP contribution in [0.25, 0.3) is 0 Å². The number of tetrazole rings is 1. The molecule has 1 unspecified atom stereocenters. The minimum atomic E-state index is -0.453. The number of thioether (sulfide) groups is 1. The number of nitrogens with one attached hydrogen (secondary N) is 1. The molecular weight excluding hydrogens is 334 g/mol. The largest absolute Gasteiger partial charge is 0.325 e. The van der Waals surface area contributed by atoms with Gasteiger partial charge in [0.25, 0.3) is 0 Å². The van der Waals surface area contributed by atoms with Crippen LogP contribution in [0.3, 0.4) is 0 Å². The van der Waals surface area contributed by atoms with E-state index in [2.05, 4.69) is 20.8 Å². The zero-order chi connectivity index (χ0) is 17.8. The molecule has 25 heavy (non-hydrogen) atoms. The van der Waals surface area contributed by atoms with Crippen LogP contribution in [-0.2, 0) is 11.8 Å². The minimum absolute atomic E-state index is 0.104. The van der Waals surface area contributed by atoms with Gasteiger partial charge in [0.15, 0.2) is 0 Å². The lowest BCUT2D eigenvalue weighted by Gasteiger charge is -2.17. The summed E-state index contributed by atoms with van der Waals surface area (Å²) in [4.78, 5) is 13.0. The fourth-order valence-corrected chi connectivity index (χ4v) is 3.34. The lowest BCUT2D eigenvalue weighted by molar-refractivity contribution is -0.115. The number of rotatable bonds is 5. The van der Waals surface area contributed by atoms with Gasteiger partial charge in [-0.05, 0) is 47.0 Å². The molecule has 0 spiro atoms. The van der Waals surface area contributed by atoms with Crippen molar-refractivity contribution in [2.75, 3.05) is 5.32 Å². The van der Waals surface area contributed by atoms with Crippen molar-refractivity contribution in [3.8, 4) is 0 Å². The molecule has 0 bridgehead atoms. The average molecular weight is 353 g/mol. The fraction of sp³-hybridized carbons (Fsp3) is 0.222. The van der Waals surface area contributed by atoms with Gasteiger partial charge in [-0.1, -0.05) is 54.2 Å². The minimum Gasteiger partial charge on any atom is -0.325 e. The lowest BCUT2D eigenvalue weighted by atomic mass is 10.1. The highest BCUT2D eigenvalue weighted by Crippen LogP contribution is 2.35. The highest BCUT2D eigenvalue weighted by molar-refractivity contribution is 8.00. The molecule has 0 saturated heterocycles. The Hall–Kier alpha value is -2.67. The van der Waals surface area contributed by atoms with E-state index in [-0.39, 0.29) is 5.91 Å². The maximum atomic E-state index is 13.0. The van der Waals surface area contributed by atoms with Crippen LogP contribution in [0.5, 0.6) is 0 Å². The van der Waals surface area contributed by atoms with Gasteiger partial charge < -0.3 is 5.32 Å². The van der Waals surface area contributed by atoms with Crippen LogP contribution in [0.1, 0.15) is 21.9 Å². The van der Waals surface area contributed by atoms with Crippen LogP contribution in [0, 0.1) is 13.8 Å². The van der Waals surface area contributed by atoms with Crippen molar-refractivity contribution in [1.29, 1.82) is 0 Å². The highest BCUT2D eigenvalue weighted by Gasteiger charge is 2.25. The molecule has 2 aromatic carbocycles. The molecule has 7 heteroatoms. The Balaban J connectivity index is 1.89. The Morgan fingerprint density at radius 2 is 1.92 bits per heavy atom. The molecule has 0 saturated carbocycles. The smallest absolute Gasteiger partial charge is 0.242 e. The van der Waals surface area contributed by atoms with Crippen molar-refractivity contribution in [2.45, 2.75) is 24.3 Å². The highest BCUT2D eigenvalue weighted by atomic mass is 32.2. The van der Waals surface area contributed by atoms with Gasteiger partial charge in [0.2, 0.25) is 11.1 Å². The van der Waals surface area contributed by atoms with E-state index >= 15 is 0 Å². The molecule has 1 atom stereocenters. The zero-order valence-corrected chi connectivity index (χ0v) is 15.1. The van der Waals surface area contributed by atoms with Gasteiger partial charge in [0.05, 0.1) is 0 Å². The van der Waals surface area contributed by atoms with E-state index < -0.39 is 5.25 Å². The molecule has 6 nitrogen and oxygen atoms in total. The van der Waals surface area contributed by atoms with Crippen molar-refractivity contribution in [2.24, 2.45) is 7.05 Å². The number of anilines is 1. The van der Waals surface area contributed by atoms with Crippen LogP contribution in [0.15, 0.2) is 53.7 Å². The van der Waals surface area contributed by atoms with Gasteiger partial charge in [0, 0.05) is 12.7 Å². The summed E-state index contributed by atoms with van der Waals surface area (Å²) in [5.74, 6) is -0.104. The summed E-state index contributed by atoms with van der Waals surface area (Å²) in [6, 6.07) is 15.6. The summed E-state index contributed by atoms with van der Waals surface area (Å²) in [5.41, 5.74) is 3.85. The van der Waals surface area contributed by atoms with Crippen molar-refractivity contribution in [3.63, 3.8) is 0 Å². The van der Waals surface area contributed by atoms with E-state index in [1.807, 2.05) is 62.4 Å². The Labute approximate surface area is 150 Å². The molecule has 1 heterocycles. The van der Waals surface area contributed by atoms with Crippen LogP contribution in [0.2, 0.25) is 0 Å². The summed E-state index contributed by atoms with van der Waals surface area (Å²) in [6.07, 6.45) is 0. The first-order valence-electron chi connectivity index (χ1n) is 7.86. The van der Waals surface area contributed by atoms with Crippen molar-refractivity contribution in [1.82, 2.24) is 20.2 Å². The third kappa shape index (κ3) is 4.06. The number of hydrogen-bond donors (Lipinski definition) is 1. The Bertz CT molecular complexity index is 878. The predicted molar refractivity (Wildman–Crippen MR) is 98.4 cm³/mol. The van der Waals surface area contributed by atoms with Gasteiger partial charge in [0.1, 0.15) is 5.25 Å². The second-order valence-electron chi connectivity index (χ2n) is 5.80. The second-order valence-corrected chi connectivity index (χ2v) is 6.87. The standard InChI is InChI=1S/C18H19N5OS/c1-12-9-10-13(2)15(11-12)19-17(24)16(14-7-5-4-6-8-14)25-18-20-21-22-23(18)3/h4-11,16H,1-3H3,(H,19,24). The molecule has 3 rings (SSSR count). The van der Waals surface area contributed by atoms with Crippen molar-refractivity contribution >= 4 is 23.4 Å². The normalized spacial score (nSPS) is 12.0. The molecule has 1 amide bonds. The SMILES string of the molecule is Cc1ccc(C)c(NC(=O)C(Sc2nnnn2C)c2ccccc2)c1. The summed E-state index contributed by atoms with van der Waals surface area (Å²) >= 11 is 1.33. The maximum Gasteiger partial charge on any atom is 0.242 e. The maximum absolute atomic E-state index is 13.0. The summed E-state index contributed by atoms with van der Waals surface area (Å²) in [7, 11) is 1.76. The molecule has 0 aliphatic carbocycles. The molecule has 0 radical (unpaired) electrons. The van der Waals surface area contributed by atoms with E-state index in [1.165, 1.54) is 11.8 Å². The third-order valence-electron chi connectivity index (χ3n) is 3.80. The molecule has 0 aliphatic heterocycles. The van der Waals surface area contributed by atoms with Gasteiger partial charge in [-0.25, -0.2) is 4.68 Å². The molecule has 3 aromatic rings. The quantitative estimate of drug-likeness (QED) is 0.713. The molecule has 1 N–H and O–H groups in total. The molecule has 128 valence electrons. The number of aryl methyl sites for hydroxylation is 3. The van der Waals surface area contributed by atoms with Gasteiger partial charge >= 0.3 is 0 Å². The first-order chi connectivity index (χ1) is 12.0. The average Bonchev–Trinajstić information content (AvgIpc) is 3.01. The number of carbonyl (C=O) groups is 1. The summed E-state index contributed by atoms with van der Waals surface area (Å²) in [5, 5.41) is 14.6. The number of benzene rings is 2.